The van der Waals surface area contributed by atoms with Gasteiger partial charge >= 0.3 is 0 Å². The van der Waals surface area contributed by atoms with Crippen LogP contribution in [-0.2, 0) is 19.7 Å². The lowest BCUT2D eigenvalue weighted by Crippen LogP contribution is -2.30. The fourth-order valence-corrected chi connectivity index (χ4v) is 7.38. The summed E-state index contributed by atoms with van der Waals surface area (Å²) in [6.45, 7) is 8.79. The van der Waals surface area contributed by atoms with E-state index >= 15 is 0 Å². The molecule has 0 bridgehead atoms. The van der Waals surface area contributed by atoms with Crippen molar-refractivity contribution in [2.75, 3.05) is 17.6 Å². The summed E-state index contributed by atoms with van der Waals surface area (Å²) < 4.78 is 30.9. The molecule has 0 heterocycles. The van der Waals surface area contributed by atoms with Crippen molar-refractivity contribution in [2.24, 2.45) is 11.3 Å². The van der Waals surface area contributed by atoms with E-state index in [1.807, 2.05) is 55.5 Å². The minimum atomic E-state index is -4.16. The number of halogens is 1. The van der Waals surface area contributed by atoms with Gasteiger partial charge in [0.05, 0.1) is 11.7 Å². The number of benzene rings is 3. The number of nitrogens with one attached hydrogen (secondary N) is 2. The molecule has 2 atom stereocenters. The lowest BCUT2D eigenvalue weighted by atomic mass is 9.72. The zero-order valence-electron chi connectivity index (χ0n) is 29.3. The number of hydrogen-bond acceptors (Lipinski definition) is 4. The maximum absolute atomic E-state index is 14.0. The van der Waals surface area contributed by atoms with E-state index in [-0.39, 0.29) is 23.8 Å². The summed E-state index contributed by atoms with van der Waals surface area (Å²) in [4.78, 5) is 26.6. The fraction of sp³-hybridized carbons (Fsp3) is 0.366. The molecular weight excluding hydrogens is 668 g/mol. The van der Waals surface area contributed by atoms with Crippen LogP contribution in [0.2, 0.25) is 5.02 Å². The molecule has 0 fully saturated rings. The molecule has 0 aliphatic heterocycles. The second kappa shape index (κ2) is 15.9. The van der Waals surface area contributed by atoms with Crippen molar-refractivity contribution < 1.29 is 22.6 Å². The Kier molecular flexibility index (Phi) is 11.9. The smallest absolute Gasteiger partial charge is 0.266 e. The van der Waals surface area contributed by atoms with E-state index in [9.17, 15) is 18.0 Å². The molecule has 3 N–H and O–H groups in total. The average molecular weight is 715 g/mol. The molecule has 264 valence electrons. The summed E-state index contributed by atoms with van der Waals surface area (Å²) in [5.74, 6) is -0.809. The molecule has 50 heavy (non-hydrogen) atoms. The summed E-state index contributed by atoms with van der Waals surface area (Å²) in [7, 11) is -4.16. The number of rotatable bonds is 11. The van der Waals surface area contributed by atoms with Gasteiger partial charge in [0.1, 0.15) is 0 Å². The van der Waals surface area contributed by atoms with Crippen molar-refractivity contribution in [3.05, 3.63) is 118 Å². The number of aryl methyl sites for hydroxylation is 1. The third-order valence-corrected chi connectivity index (χ3v) is 10.9. The van der Waals surface area contributed by atoms with Crippen LogP contribution in [0.1, 0.15) is 81.9 Å². The van der Waals surface area contributed by atoms with Crippen LogP contribution < -0.4 is 10.6 Å². The number of amides is 2. The lowest BCUT2D eigenvalue weighted by molar-refractivity contribution is -0.118. The zero-order chi connectivity index (χ0) is 36.1. The van der Waals surface area contributed by atoms with Gasteiger partial charge in [-0.1, -0.05) is 98.6 Å². The molecule has 3 aromatic carbocycles. The van der Waals surface area contributed by atoms with Crippen molar-refractivity contribution in [1.29, 1.82) is 0 Å². The SMILES string of the molecule is Cc1cc(Cl)ccc1-c1ccc(NC(=O)[C@H](CC2=CC=C(C(=O)NCCS(=O)(=O)O)CC2)c2ccc(C3=CC[C@H](C(C)(C)C)CC3)cc2)cc1. The predicted octanol–water partition coefficient (Wildman–Crippen LogP) is 9.31. The highest BCUT2D eigenvalue weighted by atomic mass is 35.5. The first kappa shape index (κ1) is 37.3. The molecule has 2 aliphatic rings. The van der Waals surface area contributed by atoms with Gasteiger partial charge in [0.15, 0.2) is 0 Å². The second-order valence-electron chi connectivity index (χ2n) is 14.5. The average Bonchev–Trinajstić information content (AvgIpc) is 3.07. The van der Waals surface area contributed by atoms with Crippen LogP contribution in [-0.4, -0.2) is 37.1 Å². The molecule has 0 aromatic heterocycles. The van der Waals surface area contributed by atoms with Crippen LogP contribution in [0.25, 0.3) is 16.7 Å². The largest absolute Gasteiger partial charge is 0.351 e. The van der Waals surface area contributed by atoms with Gasteiger partial charge in [0, 0.05) is 22.8 Å². The summed E-state index contributed by atoms with van der Waals surface area (Å²) in [5, 5.41) is 6.38. The molecular formula is C41H47ClN2O5S. The predicted molar refractivity (Wildman–Crippen MR) is 204 cm³/mol. The van der Waals surface area contributed by atoms with Crippen molar-refractivity contribution in [2.45, 2.75) is 72.1 Å². The van der Waals surface area contributed by atoms with Crippen LogP contribution in [0.5, 0.6) is 0 Å². The fourth-order valence-electron chi connectivity index (χ4n) is 6.80. The van der Waals surface area contributed by atoms with E-state index in [0.29, 0.717) is 41.5 Å². The molecule has 0 unspecified atom stereocenters. The minimum Gasteiger partial charge on any atom is -0.351 e. The van der Waals surface area contributed by atoms with Gasteiger partial charge in [-0.3, -0.25) is 14.1 Å². The van der Waals surface area contributed by atoms with Crippen molar-refractivity contribution in [3.63, 3.8) is 0 Å². The van der Waals surface area contributed by atoms with E-state index in [2.05, 4.69) is 61.7 Å². The Morgan fingerprint density at radius 2 is 1.64 bits per heavy atom. The standard InChI is InChI=1S/C41H47ClN2O5S/c1-27-25-35(42)19-22-37(27)31-15-20-36(21-16-31)44-40(46)38(26-28-5-7-33(8-6-28)39(45)43-23-24-50(47,48)49)32-11-9-29(10-12-32)30-13-17-34(18-14-30)41(2,3)4/h5,7,9-13,15-16,19-22,25,34,38H,6,8,14,17-18,23-24,26H2,1-4H3,(H,43,45)(H,44,46)(H,47,48,49)/t34-,38+/m0/s1. The first-order chi connectivity index (χ1) is 23.7. The van der Waals surface area contributed by atoms with Gasteiger partial charge in [0.2, 0.25) is 11.8 Å². The highest BCUT2D eigenvalue weighted by molar-refractivity contribution is 7.85. The summed E-state index contributed by atoms with van der Waals surface area (Å²) in [5.41, 5.74) is 9.22. The van der Waals surface area contributed by atoms with Crippen LogP contribution in [0.4, 0.5) is 5.69 Å². The van der Waals surface area contributed by atoms with Gasteiger partial charge in [-0.15, -0.1) is 0 Å². The minimum absolute atomic E-state index is 0.114. The Bertz CT molecular complexity index is 1920. The summed E-state index contributed by atoms with van der Waals surface area (Å²) >= 11 is 6.16. The molecule has 0 spiro atoms. The highest BCUT2D eigenvalue weighted by Crippen LogP contribution is 2.40. The number of carbonyl (C=O) groups is 2. The monoisotopic (exact) mass is 714 g/mol. The molecule has 2 amide bonds. The molecule has 0 radical (unpaired) electrons. The van der Waals surface area contributed by atoms with Crippen LogP contribution in [0.3, 0.4) is 0 Å². The Hall–Kier alpha value is -3.98. The van der Waals surface area contributed by atoms with Crippen molar-refractivity contribution in [1.82, 2.24) is 5.32 Å². The second-order valence-corrected chi connectivity index (χ2v) is 16.5. The molecule has 2 aliphatic carbocycles. The number of hydrogen-bond donors (Lipinski definition) is 3. The molecule has 7 nitrogen and oxygen atoms in total. The van der Waals surface area contributed by atoms with Crippen molar-refractivity contribution >= 4 is 44.8 Å². The van der Waals surface area contributed by atoms with E-state index in [1.165, 1.54) is 17.6 Å². The molecule has 0 saturated heterocycles. The first-order valence-corrected chi connectivity index (χ1v) is 19.2. The van der Waals surface area contributed by atoms with E-state index < -0.39 is 21.8 Å². The van der Waals surface area contributed by atoms with Gasteiger partial charge in [-0.25, -0.2) is 0 Å². The molecule has 9 heteroatoms. The topological polar surface area (TPSA) is 113 Å². The Balaban J connectivity index is 1.34. The summed E-state index contributed by atoms with van der Waals surface area (Å²) in [6, 6.07) is 22.0. The Morgan fingerprint density at radius 1 is 0.940 bits per heavy atom. The summed E-state index contributed by atoms with van der Waals surface area (Å²) in [6.07, 6.45) is 10.8. The molecule has 5 rings (SSSR count). The molecule has 0 saturated carbocycles. The van der Waals surface area contributed by atoms with E-state index in [0.717, 1.165) is 40.7 Å². The van der Waals surface area contributed by atoms with Crippen LogP contribution >= 0.6 is 11.6 Å². The Morgan fingerprint density at radius 3 is 2.22 bits per heavy atom. The maximum Gasteiger partial charge on any atom is 0.266 e. The first-order valence-electron chi connectivity index (χ1n) is 17.2. The van der Waals surface area contributed by atoms with Gasteiger partial charge in [-0.2, -0.15) is 8.42 Å². The normalized spacial score (nSPS) is 17.2. The zero-order valence-corrected chi connectivity index (χ0v) is 30.8. The van der Waals surface area contributed by atoms with Gasteiger partial charge < -0.3 is 10.6 Å². The molecule has 3 aromatic rings. The maximum atomic E-state index is 14.0. The third-order valence-electron chi connectivity index (χ3n) is 9.93. The quantitative estimate of drug-likeness (QED) is 0.171. The van der Waals surface area contributed by atoms with Crippen LogP contribution in [0.15, 0.2) is 96.1 Å². The Labute approximate surface area is 301 Å². The van der Waals surface area contributed by atoms with Gasteiger partial charge in [-0.05, 0) is 114 Å². The number of anilines is 1. The van der Waals surface area contributed by atoms with E-state index in [4.69, 9.17) is 16.2 Å². The number of allylic oxidation sites excluding steroid dienone is 5. The van der Waals surface area contributed by atoms with Gasteiger partial charge in [0.25, 0.3) is 10.1 Å². The number of carbonyl (C=O) groups excluding carboxylic acids is 2. The third kappa shape index (κ3) is 10.1. The van der Waals surface area contributed by atoms with E-state index in [1.54, 1.807) is 6.08 Å². The van der Waals surface area contributed by atoms with Crippen LogP contribution in [0, 0.1) is 18.3 Å². The highest BCUT2D eigenvalue weighted by Gasteiger charge is 2.27. The van der Waals surface area contributed by atoms with Crippen molar-refractivity contribution in [3.8, 4) is 11.1 Å². The lowest BCUT2D eigenvalue weighted by Gasteiger charge is -2.33.